The zero-order valence-corrected chi connectivity index (χ0v) is 15.9. The van der Waals surface area contributed by atoms with E-state index in [9.17, 15) is 4.79 Å². The van der Waals surface area contributed by atoms with Crippen molar-refractivity contribution >= 4 is 50.3 Å². The van der Waals surface area contributed by atoms with Crippen LogP contribution >= 0.6 is 22.9 Å². The monoisotopic (exact) mass is 386 g/mol. The Labute approximate surface area is 161 Å². The molecule has 26 heavy (non-hydrogen) atoms. The Bertz CT molecular complexity index is 936. The number of thiazole rings is 1. The van der Waals surface area contributed by atoms with Crippen LogP contribution < -0.4 is 10.1 Å². The smallest absolute Gasteiger partial charge is 0.250 e. The molecule has 0 atom stereocenters. The van der Waals surface area contributed by atoms with E-state index in [4.69, 9.17) is 16.3 Å². The second kappa shape index (κ2) is 8.83. The fourth-order valence-corrected chi connectivity index (χ4v) is 3.41. The lowest BCUT2D eigenvalue weighted by Gasteiger charge is -2.04. The number of hydrogen-bond acceptors (Lipinski definition) is 4. The van der Waals surface area contributed by atoms with Crippen molar-refractivity contribution < 1.29 is 9.53 Å². The largest absolute Gasteiger partial charge is 0.494 e. The van der Waals surface area contributed by atoms with E-state index in [2.05, 4.69) is 17.2 Å². The number of carbonyl (C=O) groups excluding carboxylic acids is 1. The van der Waals surface area contributed by atoms with Crippen LogP contribution in [0.5, 0.6) is 5.75 Å². The highest BCUT2D eigenvalue weighted by Crippen LogP contribution is 2.29. The van der Waals surface area contributed by atoms with E-state index >= 15 is 0 Å². The highest BCUT2D eigenvalue weighted by Gasteiger charge is 2.07. The maximum Gasteiger partial charge on any atom is 0.250 e. The molecule has 0 spiro atoms. The number of rotatable bonds is 7. The average Bonchev–Trinajstić information content (AvgIpc) is 3.02. The van der Waals surface area contributed by atoms with Crippen molar-refractivity contribution in [1.29, 1.82) is 0 Å². The number of nitrogens with zero attached hydrogens (tertiary/aromatic N) is 1. The maximum absolute atomic E-state index is 12.1. The number of aromatic nitrogens is 1. The highest BCUT2D eigenvalue weighted by atomic mass is 35.5. The number of nitrogens with one attached hydrogen (secondary N) is 1. The number of amides is 1. The third kappa shape index (κ3) is 5.07. The van der Waals surface area contributed by atoms with Crippen LogP contribution in [-0.2, 0) is 4.79 Å². The second-order valence-corrected chi connectivity index (χ2v) is 7.20. The third-order valence-electron chi connectivity index (χ3n) is 3.63. The molecule has 1 heterocycles. The van der Waals surface area contributed by atoms with E-state index in [0.29, 0.717) is 16.8 Å². The van der Waals surface area contributed by atoms with E-state index in [1.165, 1.54) is 17.4 Å². The Morgan fingerprint density at radius 1 is 1.31 bits per heavy atom. The number of anilines is 1. The van der Waals surface area contributed by atoms with Gasteiger partial charge in [-0.1, -0.05) is 48.4 Å². The number of ether oxygens (including phenoxy) is 1. The molecule has 1 amide bonds. The van der Waals surface area contributed by atoms with Crippen LogP contribution in [0.15, 0.2) is 48.5 Å². The standard InChI is InChI=1S/C20H19ClN2O2S/c1-2-3-11-25-16-8-9-17-18(13-16)26-20(22-17)23-19(24)10-7-14-5-4-6-15(21)12-14/h4-10,12-13H,2-3,11H2,1H3,(H,22,23,24)/b10-7+. The average molecular weight is 387 g/mol. The van der Waals surface area contributed by atoms with Gasteiger partial charge < -0.3 is 4.74 Å². The summed E-state index contributed by atoms with van der Waals surface area (Å²) in [6.07, 6.45) is 5.31. The van der Waals surface area contributed by atoms with Gasteiger partial charge in [-0.3, -0.25) is 10.1 Å². The van der Waals surface area contributed by atoms with Gasteiger partial charge in [-0.2, -0.15) is 0 Å². The normalized spacial score (nSPS) is 11.2. The minimum Gasteiger partial charge on any atom is -0.494 e. The molecule has 0 bridgehead atoms. The number of benzene rings is 2. The van der Waals surface area contributed by atoms with Crippen LogP contribution in [0.1, 0.15) is 25.3 Å². The molecular formula is C20H19ClN2O2S. The molecule has 134 valence electrons. The van der Waals surface area contributed by atoms with Gasteiger partial charge in [0.05, 0.1) is 16.8 Å². The number of halogens is 1. The molecule has 0 saturated heterocycles. The summed E-state index contributed by atoms with van der Waals surface area (Å²) in [5.41, 5.74) is 1.71. The van der Waals surface area contributed by atoms with Crippen molar-refractivity contribution in [3.05, 3.63) is 59.1 Å². The molecule has 0 unspecified atom stereocenters. The zero-order chi connectivity index (χ0) is 18.4. The van der Waals surface area contributed by atoms with Gasteiger partial charge in [-0.25, -0.2) is 4.98 Å². The van der Waals surface area contributed by atoms with E-state index in [1.54, 1.807) is 18.2 Å². The van der Waals surface area contributed by atoms with Crippen molar-refractivity contribution in [2.45, 2.75) is 19.8 Å². The van der Waals surface area contributed by atoms with E-state index in [-0.39, 0.29) is 5.91 Å². The molecule has 1 aromatic heterocycles. The van der Waals surface area contributed by atoms with Crippen molar-refractivity contribution in [2.75, 3.05) is 11.9 Å². The number of hydrogen-bond donors (Lipinski definition) is 1. The minimum atomic E-state index is -0.233. The van der Waals surface area contributed by atoms with Crippen LogP contribution in [0.4, 0.5) is 5.13 Å². The predicted octanol–water partition coefficient (Wildman–Crippen LogP) is 5.78. The number of unbranched alkanes of at least 4 members (excludes halogenated alkanes) is 1. The van der Waals surface area contributed by atoms with Crippen LogP contribution in [0, 0.1) is 0 Å². The zero-order valence-electron chi connectivity index (χ0n) is 14.4. The summed E-state index contributed by atoms with van der Waals surface area (Å²) in [5, 5.41) is 3.99. The third-order valence-corrected chi connectivity index (χ3v) is 4.80. The van der Waals surface area contributed by atoms with Gasteiger partial charge in [0.2, 0.25) is 5.91 Å². The van der Waals surface area contributed by atoms with Crippen LogP contribution in [0.3, 0.4) is 0 Å². The lowest BCUT2D eigenvalue weighted by molar-refractivity contribution is -0.111. The molecule has 0 radical (unpaired) electrons. The van der Waals surface area contributed by atoms with Gasteiger partial charge in [-0.05, 0) is 48.4 Å². The molecule has 0 aliphatic carbocycles. The summed E-state index contributed by atoms with van der Waals surface area (Å²) in [6, 6.07) is 13.1. The van der Waals surface area contributed by atoms with Crippen LogP contribution in [-0.4, -0.2) is 17.5 Å². The molecule has 0 fully saturated rings. The van der Waals surface area contributed by atoms with E-state index < -0.39 is 0 Å². The first-order chi connectivity index (χ1) is 12.6. The summed E-state index contributed by atoms with van der Waals surface area (Å²) in [6.45, 7) is 2.84. The lowest BCUT2D eigenvalue weighted by atomic mass is 10.2. The Balaban J connectivity index is 1.65. The molecule has 6 heteroatoms. The molecule has 3 rings (SSSR count). The predicted molar refractivity (Wildman–Crippen MR) is 109 cm³/mol. The highest BCUT2D eigenvalue weighted by molar-refractivity contribution is 7.22. The van der Waals surface area contributed by atoms with E-state index in [1.807, 2.05) is 30.3 Å². The molecule has 1 N–H and O–H groups in total. The van der Waals surface area contributed by atoms with Gasteiger partial charge in [0.1, 0.15) is 5.75 Å². The van der Waals surface area contributed by atoms with Gasteiger partial charge in [0, 0.05) is 11.1 Å². The second-order valence-electron chi connectivity index (χ2n) is 5.73. The first kappa shape index (κ1) is 18.4. The molecule has 0 aliphatic rings. The first-order valence-electron chi connectivity index (χ1n) is 8.42. The molecule has 0 aliphatic heterocycles. The van der Waals surface area contributed by atoms with Gasteiger partial charge >= 0.3 is 0 Å². The lowest BCUT2D eigenvalue weighted by Crippen LogP contribution is -2.07. The summed E-state index contributed by atoms with van der Waals surface area (Å²) < 4.78 is 6.69. The molecule has 3 aromatic rings. The van der Waals surface area contributed by atoms with Gasteiger partial charge in [0.25, 0.3) is 0 Å². The van der Waals surface area contributed by atoms with Crippen LogP contribution in [0.2, 0.25) is 5.02 Å². The summed E-state index contributed by atoms with van der Waals surface area (Å²) in [4.78, 5) is 16.5. The number of fused-ring (bicyclic) bond motifs is 1. The van der Waals surface area contributed by atoms with Crippen molar-refractivity contribution in [3.8, 4) is 5.75 Å². The Morgan fingerprint density at radius 2 is 2.19 bits per heavy atom. The van der Waals surface area contributed by atoms with Crippen molar-refractivity contribution in [1.82, 2.24) is 4.98 Å². The quantitative estimate of drug-likeness (QED) is 0.413. The molecular weight excluding hydrogens is 368 g/mol. The Kier molecular flexibility index (Phi) is 6.26. The number of carbonyl (C=O) groups is 1. The molecule has 4 nitrogen and oxygen atoms in total. The van der Waals surface area contributed by atoms with E-state index in [0.717, 1.165) is 34.4 Å². The fraction of sp³-hybridized carbons (Fsp3) is 0.200. The maximum atomic E-state index is 12.1. The summed E-state index contributed by atoms with van der Waals surface area (Å²) >= 11 is 7.36. The fourth-order valence-electron chi connectivity index (χ4n) is 2.31. The topological polar surface area (TPSA) is 51.2 Å². The first-order valence-corrected chi connectivity index (χ1v) is 9.61. The summed E-state index contributed by atoms with van der Waals surface area (Å²) in [7, 11) is 0. The summed E-state index contributed by atoms with van der Waals surface area (Å²) in [5.74, 6) is 0.594. The SMILES string of the molecule is CCCCOc1ccc2nc(NC(=O)/C=C/c3cccc(Cl)c3)sc2c1. The van der Waals surface area contributed by atoms with Crippen LogP contribution in [0.25, 0.3) is 16.3 Å². The van der Waals surface area contributed by atoms with Crippen molar-refractivity contribution in [2.24, 2.45) is 0 Å². The molecule has 2 aromatic carbocycles. The Morgan fingerprint density at radius 3 is 3.00 bits per heavy atom. The van der Waals surface area contributed by atoms with Gasteiger partial charge in [0.15, 0.2) is 5.13 Å². The Hall–Kier alpha value is -2.37. The minimum absolute atomic E-state index is 0.233. The molecule has 0 saturated carbocycles. The van der Waals surface area contributed by atoms with Gasteiger partial charge in [-0.15, -0.1) is 0 Å². The van der Waals surface area contributed by atoms with Crippen molar-refractivity contribution in [3.63, 3.8) is 0 Å².